The fourth-order valence-corrected chi connectivity index (χ4v) is 8.16. The molecule has 10 rings (SSSR count). The fourth-order valence-electron chi connectivity index (χ4n) is 8.16. The number of fused-ring (bicyclic) bond motifs is 2. The number of carboxylic acid groups (broad SMARTS) is 1. The summed E-state index contributed by atoms with van der Waals surface area (Å²) in [6.45, 7) is 1.01. The molecule has 4 heterocycles. The number of ether oxygens (including phenoxy) is 1. The SMILES string of the molecule is COC(=O)c1cc(C2CC2)cnc1Cc1c(F)cc2c(ccn2Cc2ccccc2)c1F.O=C(O)c1cc(C2CC2)cnc1Cc1c(F)cc2c(ccn2Cc2ccccc2)c1F. The topological polar surface area (TPSA) is 99.2 Å². The van der Waals surface area contributed by atoms with Gasteiger partial charge in [-0.2, -0.15) is 0 Å². The number of benzene rings is 4. The quantitative estimate of drug-likeness (QED) is 0.0971. The summed E-state index contributed by atoms with van der Waals surface area (Å²) in [5.74, 6) is -3.62. The molecule has 0 spiro atoms. The second kappa shape index (κ2) is 17.4. The Kier molecular flexibility index (Phi) is 11.4. The normalized spacial score (nSPS) is 13.5. The highest BCUT2D eigenvalue weighted by Gasteiger charge is 2.29. The van der Waals surface area contributed by atoms with Crippen molar-refractivity contribution in [2.75, 3.05) is 7.11 Å². The third kappa shape index (κ3) is 8.71. The van der Waals surface area contributed by atoms with Crippen LogP contribution in [-0.4, -0.2) is 43.3 Å². The van der Waals surface area contributed by atoms with Gasteiger partial charge in [-0.05, 0) is 96.2 Å². The summed E-state index contributed by atoms with van der Waals surface area (Å²) < 4.78 is 69.3. The Hall–Kier alpha value is -7.08. The number of carbonyl (C=O) groups excluding carboxylic acids is 1. The molecule has 12 heteroatoms. The minimum atomic E-state index is -1.14. The molecule has 4 aromatic carbocycles. The van der Waals surface area contributed by atoms with Gasteiger partial charge in [0.1, 0.15) is 23.3 Å². The van der Waals surface area contributed by atoms with Crippen molar-refractivity contribution >= 4 is 33.7 Å². The summed E-state index contributed by atoms with van der Waals surface area (Å²) in [6, 6.07) is 28.7. The van der Waals surface area contributed by atoms with E-state index < -0.39 is 35.2 Å². The molecule has 2 fully saturated rings. The van der Waals surface area contributed by atoms with E-state index in [9.17, 15) is 19.1 Å². The molecule has 4 aromatic heterocycles. The number of aromatic carboxylic acids is 1. The molecule has 8 aromatic rings. The van der Waals surface area contributed by atoms with Gasteiger partial charge in [0.15, 0.2) is 0 Å². The number of carbonyl (C=O) groups is 2. The number of rotatable bonds is 12. The van der Waals surface area contributed by atoms with E-state index in [1.165, 1.54) is 19.2 Å². The lowest BCUT2D eigenvalue weighted by atomic mass is 10.0. The second-order valence-electron chi connectivity index (χ2n) is 16.3. The number of pyridine rings is 2. The molecule has 2 aliphatic carbocycles. The van der Waals surface area contributed by atoms with Gasteiger partial charge in [0, 0.05) is 72.6 Å². The van der Waals surface area contributed by atoms with Crippen LogP contribution in [-0.2, 0) is 30.7 Å². The summed E-state index contributed by atoms with van der Waals surface area (Å²) in [7, 11) is 1.29. The molecule has 2 saturated carbocycles. The predicted molar refractivity (Wildman–Crippen MR) is 231 cm³/mol. The van der Waals surface area contributed by atoms with Gasteiger partial charge in [-0.25, -0.2) is 27.2 Å². The highest BCUT2D eigenvalue weighted by Crippen LogP contribution is 2.41. The van der Waals surface area contributed by atoms with E-state index in [4.69, 9.17) is 4.74 Å². The monoisotopic (exact) mass is 850 g/mol. The maximum absolute atomic E-state index is 15.4. The third-order valence-electron chi connectivity index (χ3n) is 11.9. The van der Waals surface area contributed by atoms with Gasteiger partial charge in [0.05, 0.1) is 40.7 Å². The molecule has 0 unspecified atom stereocenters. The minimum absolute atomic E-state index is 0.00458. The molecule has 0 atom stereocenters. The summed E-state index contributed by atoms with van der Waals surface area (Å²) >= 11 is 0. The lowest BCUT2D eigenvalue weighted by molar-refractivity contribution is 0.0597. The van der Waals surface area contributed by atoms with Crippen molar-refractivity contribution in [3.8, 4) is 0 Å². The molecule has 2 aliphatic rings. The first-order valence-electron chi connectivity index (χ1n) is 20.8. The average molecular weight is 851 g/mol. The summed E-state index contributed by atoms with van der Waals surface area (Å²) in [5.41, 5.74) is 5.30. The van der Waals surface area contributed by atoms with E-state index >= 15 is 13.2 Å². The van der Waals surface area contributed by atoms with Crippen LogP contribution in [0.2, 0.25) is 0 Å². The van der Waals surface area contributed by atoms with Crippen molar-refractivity contribution in [1.82, 2.24) is 19.1 Å². The van der Waals surface area contributed by atoms with E-state index in [-0.39, 0.29) is 40.8 Å². The predicted octanol–water partition coefficient (Wildman–Crippen LogP) is 11.1. The van der Waals surface area contributed by atoms with Gasteiger partial charge < -0.3 is 19.0 Å². The molecule has 0 bridgehead atoms. The van der Waals surface area contributed by atoms with Crippen molar-refractivity contribution in [2.45, 2.75) is 63.5 Å². The van der Waals surface area contributed by atoms with E-state index in [0.29, 0.717) is 52.4 Å². The first-order chi connectivity index (χ1) is 30.6. The first-order valence-corrected chi connectivity index (χ1v) is 20.8. The van der Waals surface area contributed by atoms with Crippen LogP contribution in [0, 0.1) is 23.3 Å². The zero-order valence-electron chi connectivity index (χ0n) is 34.3. The molecule has 63 heavy (non-hydrogen) atoms. The van der Waals surface area contributed by atoms with Crippen LogP contribution in [0.3, 0.4) is 0 Å². The minimum Gasteiger partial charge on any atom is -0.478 e. The van der Waals surface area contributed by atoms with Gasteiger partial charge in [-0.3, -0.25) is 9.97 Å². The lowest BCUT2D eigenvalue weighted by Gasteiger charge is -2.12. The third-order valence-corrected chi connectivity index (χ3v) is 11.9. The van der Waals surface area contributed by atoms with E-state index in [0.717, 1.165) is 47.9 Å². The maximum atomic E-state index is 15.4. The number of hydrogen-bond acceptors (Lipinski definition) is 5. The highest BCUT2D eigenvalue weighted by atomic mass is 19.1. The maximum Gasteiger partial charge on any atom is 0.339 e. The number of aromatic nitrogens is 4. The smallest absolute Gasteiger partial charge is 0.339 e. The van der Waals surface area contributed by atoms with Crippen LogP contribution >= 0.6 is 0 Å². The zero-order chi connectivity index (χ0) is 43.8. The molecule has 8 nitrogen and oxygen atoms in total. The Balaban J connectivity index is 0.000000160. The van der Waals surface area contributed by atoms with Gasteiger partial charge >= 0.3 is 11.9 Å². The summed E-state index contributed by atoms with van der Waals surface area (Å²) in [4.78, 5) is 32.7. The number of hydrogen-bond donors (Lipinski definition) is 1. The van der Waals surface area contributed by atoms with Crippen molar-refractivity contribution in [3.05, 3.63) is 201 Å². The lowest BCUT2D eigenvalue weighted by Crippen LogP contribution is -2.11. The molecule has 0 radical (unpaired) electrons. The largest absolute Gasteiger partial charge is 0.478 e. The van der Waals surface area contributed by atoms with Crippen LogP contribution < -0.4 is 0 Å². The second-order valence-corrected chi connectivity index (χ2v) is 16.3. The van der Waals surface area contributed by atoms with Crippen molar-refractivity contribution in [2.24, 2.45) is 0 Å². The Bertz CT molecular complexity index is 3010. The van der Waals surface area contributed by atoms with Crippen LogP contribution in [0.25, 0.3) is 21.8 Å². The van der Waals surface area contributed by atoms with Gasteiger partial charge in [0.2, 0.25) is 0 Å². The molecular formula is C51H42F4N4O4. The molecule has 0 amide bonds. The van der Waals surface area contributed by atoms with Crippen molar-refractivity contribution < 1.29 is 37.0 Å². The zero-order valence-corrected chi connectivity index (χ0v) is 34.3. The van der Waals surface area contributed by atoms with Crippen LogP contribution in [0.1, 0.15) is 103 Å². The Morgan fingerprint density at radius 2 is 1.06 bits per heavy atom. The fraction of sp³-hybridized carbons (Fsp3) is 0.216. The Morgan fingerprint density at radius 3 is 1.48 bits per heavy atom. The van der Waals surface area contributed by atoms with Crippen LogP contribution in [0.4, 0.5) is 17.6 Å². The number of halogens is 4. The average Bonchev–Trinajstić information content (AvgIpc) is 4.24. The highest BCUT2D eigenvalue weighted by molar-refractivity contribution is 5.91. The molecule has 0 saturated heterocycles. The number of carboxylic acids is 1. The van der Waals surface area contributed by atoms with E-state index in [1.54, 1.807) is 53.6 Å². The Labute approximate surface area is 360 Å². The van der Waals surface area contributed by atoms with Crippen LogP contribution in [0.5, 0.6) is 0 Å². The summed E-state index contributed by atoms with van der Waals surface area (Å²) in [6.07, 6.45) is 10.6. The summed E-state index contributed by atoms with van der Waals surface area (Å²) in [5, 5.41) is 10.2. The molecule has 318 valence electrons. The van der Waals surface area contributed by atoms with E-state index in [1.807, 2.05) is 65.2 Å². The van der Waals surface area contributed by atoms with E-state index in [2.05, 4.69) is 9.97 Å². The van der Waals surface area contributed by atoms with Crippen molar-refractivity contribution in [1.29, 1.82) is 0 Å². The molecule has 1 N–H and O–H groups in total. The van der Waals surface area contributed by atoms with Gasteiger partial charge in [-0.15, -0.1) is 0 Å². The van der Waals surface area contributed by atoms with Gasteiger partial charge in [0.25, 0.3) is 0 Å². The number of nitrogens with zero attached hydrogens (tertiary/aromatic N) is 4. The standard InChI is InChI=1S/C26H22F2N2O2.C25H20F2N2O2/c1-32-26(31)21-11-18(17-7-8-17)14-29-23(21)12-20-22(27)13-24-19(25(20)28)9-10-30(24)15-16-5-3-2-4-6-16;26-21-12-23-18(8-9-29(23)14-15-4-2-1-3-5-15)24(27)19(21)11-22-20(25(30)31)10-17(13-28-22)16-6-7-16/h2-6,9-11,13-14,17H,7-8,12,15H2,1H3;1-5,8-10,12-13,16H,6-7,11,14H2,(H,30,31). The molecular weight excluding hydrogens is 809 g/mol. The molecule has 0 aliphatic heterocycles. The van der Waals surface area contributed by atoms with Gasteiger partial charge in [-0.1, -0.05) is 60.7 Å². The van der Waals surface area contributed by atoms with Crippen molar-refractivity contribution in [3.63, 3.8) is 0 Å². The Morgan fingerprint density at radius 1 is 0.635 bits per heavy atom. The van der Waals surface area contributed by atoms with Crippen LogP contribution in [0.15, 0.2) is 122 Å². The first kappa shape index (κ1) is 41.3. The number of esters is 1. The number of methoxy groups -OCH3 is 1.